The van der Waals surface area contributed by atoms with Gasteiger partial charge in [0.15, 0.2) is 0 Å². The predicted molar refractivity (Wildman–Crippen MR) is 153 cm³/mol. The molecule has 212 valence electrons. The number of aromatic nitrogens is 1. The molecule has 3 atom stereocenters. The van der Waals surface area contributed by atoms with Crippen LogP contribution in [0.3, 0.4) is 0 Å². The molecule has 1 saturated heterocycles. The number of ether oxygens (including phenoxy) is 1. The molecule has 3 heterocycles. The fraction of sp³-hybridized carbons (Fsp3) is 0.156. The molecule has 2 aliphatic heterocycles. The van der Waals surface area contributed by atoms with Crippen LogP contribution in [0.4, 0.5) is 17.4 Å². The van der Waals surface area contributed by atoms with Crippen LogP contribution < -0.4 is 0 Å². The van der Waals surface area contributed by atoms with Gasteiger partial charge in [0.05, 0.1) is 30.2 Å². The summed E-state index contributed by atoms with van der Waals surface area (Å²) in [6.07, 6.45) is 1.91. The summed E-state index contributed by atoms with van der Waals surface area (Å²) >= 11 is 0. The van der Waals surface area contributed by atoms with E-state index in [0.717, 1.165) is 10.0 Å². The molecule has 0 bridgehead atoms. The first kappa shape index (κ1) is 27.9. The third-order valence-electron chi connectivity index (χ3n) is 7.52. The van der Waals surface area contributed by atoms with E-state index in [-0.39, 0.29) is 23.8 Å². The molecule has 0 amide bonds. The zero-order valence-electron chi connectivity index (χ0n) is 22.2. The van der Waals surface area contributed by atoms with Crippen molar-refractivity contribution in [2.45, 2.75) is 24.7 Å². The monoisotopic (exact) mass is 572 g/mol. The summed E-state index contributed by atoms with van der Waals surface area (Å²) in [5.74, 6) is -0.857. The second-order valence-electron chi connectivity index (χ2n) is 10.1. The van der Waals surface area contributed by atoms with Gasteiger partial charge in [0, 0.05) is 28.9 Å². The van der Waals surface area contributed by atoms with E-state index in [2.05, 4.69) is 0 Å². The summed E-state index contributed by atoms with van der Waals surface area (Å²) in [6.45, 7) is -0.298. The summed E-state index contributed by atoms with van der Waals surface area (Å²) < 4.78 is 63.2. The highest BCUT2D eigenvalue weighted by Gasteiger charge is 2.34. The maximum absolute atomic E-state index is 14.7. The third kappa shape index (κ3) is 5.36. The van der Waals surface area contributed by atoms with Gasteiger partial charge >= 0.3 is 7.40 Å². The first-order chi connectivity index (χ1) is 20.3. The maximum Gasteiger partial charge on any atom is 0.678 e. The number of halogens is 4. The van der Waals surface area contributed by atoms with Crippen LogP contribution in [-0.2, 0) is 4.74 Å². The van der Waals surface area contributed by atoms with Crippen LogP contribution in [-0.4, -0.2) is 46.6 Å². The van der Waals surface area contributed by atoms with E-state index in [1.54, 1.807) is 60.7 Å². The van der Waals surface area contributed by atoms with Crippen LogP contribution in [0.25, 0.3) is 16.8 Å². The molecule has 1 unspecified atom stereocenters. The van der Waals surface area contributed by atoms with Gasteiger partial charge in [-0.25, -0.2) is 13.8 Å². The number of rotatable bonds is 7. The van der Waals surface area contributed by atoms with Gasteiger partial charge in [-0.05, 0) is 77.4 Å². The van der Waals surface area contributed by atoms with E-state index in [4.69, 9.17) is 9.73 Å². The van der Waals surface area contributed by atoms with E-state index in [0.29, 0.717) is 40.1 Å². The van der Waals surface area contributed by atoms with Crippen LogP contribution in [0.5, 0.6) is 0 Å². The van der Waals surface area contributed by atoms with Crippen molar-refractivity contribution >= 4 is 18.7 Å². The average molecular weight is 572 g/mol. The Hall–Kier alpha value is -4.25. The summed E-state index contributed by atoms with van der Waals surface area (Å²) in [5.41, 5.74) is 4.30. The van der Waals surface area contributed by atoms with Crippen LogP contribution in [0.15, 0.2) is 108 Å². The largest absolute Gasteiger partial charge is 0.678 e. The van der Waals surface area contributed by atoms with Gasteiger partial charge in [-0.3, -0.25) is 8.63 Å². The summed E-state index contributed by atoms with van der Waals surface area (Å²) in [4.78, 5) is 4.74. The number of hydrogen-bond donors (Lipinski definition) is 2. The normalized spacial score (nSPS) is 21.1. The maximum atomic E-state index is 14.7. The Kier molecular flexibility index (Phi) is 7.68. The molecule has 6 rings (SSSR count). The zero-order chi connectivity index (χ0) is 29.4. The molecule has 0 radical (unpaired) electrons. The van der Waals surface area contributed by atoms with Crippen molar-refractivity contribution in [1.82, 2.24) is 4.48 Å². The molecular weight excluding hydrogens is 547 g/mol. The number of allylic oxidation sites excluding steroid dienone is 2. The van der Waals surface area contributed by atoms with Crippen molar-refractivity contribution < 1.29 is 32.4 Å². The highest BCUT2D eigenvalue weighted by Crippen LogP contribution is 2.38. The lowest BCUT2D eigenvalue weighted by Crippen LogP contribution is -2.24. The lowest BCUT2D eigenvalue weighted by atomic mass is 9.96. The fourth-order valence-corrected chi connectivity index (χ4v) is 5.40. The van der Waals surface area contributed by atoms with Gasteiger partial charge in [0.2, 0.25) is 0 Å². The van der Waals surface area contributed by atoms with Gasteiger partial charge < -0.3 is 19.4 Å². The Morgan fingerprint density at radius 1 is 0.857 bits per heavy atom. The summed E-state index contributed by atoms with van der Waals surface area (Å²) in [7, 11) is -2.92. The minimum atomic E-state index is -2.92. The quantitative estimate of drug-likeness (QED) is 0.205. The van der Waals surface area contributed by atoms with Gasteiger partial charge in [-0.2, -0.15) is 0 Å². The highest BCUT2D eigenvalue weighted by molar-refractivity contribution is 6.42. The average Bonchev–Trinajstić information content (AvgIpc) is 3.74. The van der Waals surface area contributed by atoms with E-state index in [1.807, 2.05) is 0 Å². The SMILES string of the molecule is OC[C@H]1OC(c2ccc(/C(=C3\C=CC(c4ccc(F)cc4)=N3)c3ccc(-c4ccc(F)cc4)n3B(F)F)cc2)C[C@@H]1O. The summed E-state index contributed by atoms with van der Waals surface area (Å²) in [5, 5.41) is 19.6. The van der Waals surface area contributed by atoms with E-state index in [9.17, 15) is 27.6 Å². The van der Waals surface area contributed by atoms with Crippen molar-refractivity contribution in [1.29, 1.82) is 0 Å². The van der Waals surface area contributed by atoms with E-state index in [1.165, 1.54) is 36.4 Å². The second-order valence-corrected chi connectivity index (χ2v) is 10.1. The Morgan fingerprint density at radius 2 is 1.50 bits per heavy atom. The Balaban J connectivity index is 1.47. The smallest absolute Gasteiger partial charge is 0.394 e. The number of aliphatic imine (C=N–C) groups is 1. The van der Waals surface area contributed by atoms with Crippen LogP contribution in [0.2, 0.25) is 0 Å². The lowest BCUT2D eigenvalue weighted by molar-refractivity contribution is -0.0225. The standard InChI is InChI=1S/C32H25BF4N2O3/c34-23-9-5-19(6-10-23)25-13-14-26(38-25)32(22-3-1-21(2-4-22)30-17-29(41)31(18-40)42-30)28-16-15-27(39(28)33(36)37)20-7-11-24(35)12-8-20/h1-16,29-31,40-41H,17-18H2/b32-26-/t29-,30?,31+/m0/s1. The number of aliphatic hydroxyl groups is 2. The molecule has 0 aliphatic carbocycles. The topological polar surface area (TPSA) is 67.0 Å². The van der Waals surface area contributed by atoms with Crippen molar-refractivity contribution in [3.05, 3.63) is 137 Å². The van der Waals surface area contributed by atoms with Gasteiger partial charge in [0.1, 0.15) is 17.7 Å². The van der Waals surface area contributed by atoms with Crippen molar-refractivity contribution in [2.24, 2.45) is 4.99 Å². The van der Waals surface area contributed by atoms with Gasteiger partial charge in [-0.15, -0.1) is 0 Å². The minimum Gasteiger partial charge on any atom is -0.394 e. The molecule has 10 heteroatoms. The van der Waals surface area contributed by atoms with Crippen molar-refractivity contribution in [2.75, 3.05) is 6.61 Å². The Bertz CT molecular complexity index is 1680. The first-order valence-electron chi connectivity index (χ1n) is 13.4. The molecule has 5 nitrogen and oxygen atoms in total. The lowest BCUT2D eigenvalue weighted by Gasteiger charge is -2.17. The Labute approximate surface area is 239 Å². The number of aliphatic hydroxyl groups excluding tert-OH is 2. The van der Waals surface area contributed by atoms with Gasteiger partial charge in [0.25, 0.3) is 0 Å². The second kappa shape index (κ2) is 11.6. The zero-order valence-corrected chi connectivity index (χ0v) is 22.2. The van der Waals surface area contributed by atoms with Crippen LogP contribution >= 0.6 is 0 Å². The molecule has 1 aromatic heterocycles. The molecule has 42 heavy (non-hydrogen) atoms. The summed E-state index contributed by atoms with van der Waals surface area (Å²) in [6, 6.07) is 21.5. The number of benzene rings is 3. The molecule has 3 aromatic carbocycles. The number of hydrogen-bond acceptors (Lipinski definition) is 4. The molecule has 0 saturated carbocycles. The molecule has 2 N–H and O–H groups in total. The van der Waals surface area contributed by atoms with E-state index < -0.39 is 31.5 Å². The molecule has 0 spiro atoms. The van der Waals surface area contributed by atoms with Gasteiger partial charge in [-0.1, -0.05) is 36.4 Å². The van der Waals surface area contributed by atoms with E-state index >= 15 is 0 Å². The number of nitrogens with zero attached hydrogens (tertiary/aromatic N) is 2. The van der Waals surface area contributed by atoms with Crippen LogP contribution in [0, 0.1) is 11.6 Å². The van der Waals surface area contributed by atoms with Crippen molar-refractivity contribution in [3.8, 4) is 11.3 Å². The molecular formula is C32H25BF4N2O3. The Morgan fingerprint density at radius 3 is 2.10 bits per heavy atom. The minimum absolute atomic E-state index is 0.203. The third-order valence-corrected chi connectivity index (χ3v) is 7.52. The van der Waals surface area contributed by atoms with Crippen molar-refractivity contribution in [3.63, 3.8) is 0 Å². The fourth-order valence-electron chi connectivity index (χ4n) is 5.40. The highest BCUT2D eigenvalue weighted by atomic mass is 19.2. The molecule has 2 aliphatic rings. The first-order valence-corrected chi connectivity index (χ1v) is 13.4. The molecule has 1 fully saturated rings. The molecule has 4 aromatic rings. The predicted octanol–water partition coefficient (Wildman–Crippen LogP) is 6.21. The van der Waals surface area contributed by atoms with Crippen LogP contribution in [0.1, 0.15) is 34.9 Å².